The molecule has 0 aliphatic carbocycles. The van der Waals surface area contributed by atoms with Crippen LogP contribution in [0.1, 0.15) is 38.2 Å². The Balaban J connectivity index is 1.79. The maximum Gasteiger partial charge on any atom is 0.277 e. The lowest BCUT2D eigenvalue weighted by Gasteiger charge is -2.10. The SMILES string of the molecule is CCCOc1ccccc1-c1nc2c(CCC)nn(Cc3ncnn3CCOC)c2c(=O)[nH]1. The van der Waals surface area contributed by atoms with Crippen LogP contribution < -0.4 is 10.3 Å². The number of aryl methyl sites for hydroxylation is 1. The molecule has 0 saturated heterocycles. The standard InChI is InChI=1S/C23H29N7O3/c1-4-8-17-20-21(30(28-17)14-19-24-15-25-29(19)11-13-32-3)23(31)27-22(26-20)16-9-6-7-10-18(16)33-12-5-2/h6-7,9-10,15H,4-5,8,11-14H2,1-3H3,(H,26,27,31). The Morgan fingerprint density at radius 1 is 1.09 bits per heavy atom. The highest BCUT2D eigenvalue weighted by molar-refractivity contribution is 5.79. The van der Waals surface area contributed by atoms with Gasteiger partial charge in [0, 0.05) is 7.11 Å². The Hall–Kier alpha value is -3.53. The number of methoxy groups -OCH3 is 1. The number of fused-ring (bicyclic) bond motifs is 1. The number of aromatic nitrogens is 7. The molecule has 174 valence electrons. The second-order valence-electron chi connectivity index (χ2n) is 7.70. The summed E-state index contributed by atoms with van der Waals surface area (Å²) in [5.41, 5.74) is 2.31. The second kappa shape index (κ2) is 10.4. The molecule has 3 heterocycles. The van der Waals surface area contributed by atoms with Crippen LogP contribution in [0.4, 0.5) is 0 Å². The van der Waals surface area contributed by atoms with Gasteiger partial charge < -0.3 is 14.5 Å². The second-order valence-corrected chi connectivity index (χ2v) is 7.70. The Kier molecular flexibility index (Phi) is 7.13. The molecule has 4 rings (SSSR count). The van der Waals surface area contributed by atoms with Gasteiger partial charge >= 0.3 is 0 Å². The van der Waals surface area contributed by atoms with E-state index >= 15 is 0 Å². The molecule has 0 radical (unpaired) electrons. The predicted molar refractivity (Wildman–Crippen MR) is 124 cm³/mol. The van der Waals surface area contributed by atoms with Crippen molar-refractivity contribution in [2.24, 2.45) is 0 Å². The minimum absolute atomic E-state index is 0.252. The molecule has 1 aromatic carbocycles. The summed E-state index contributed by atoms with van der Waals surface area (Å²) in [5.74, 6) is 1.86. The van der Waals surface area contributed by atoms with Crippen molar-refractivity contribution in [3.05, 3.63) is 52.5 Å². The van der Waals surface area contributed by atoms with Gasteiger partial charge in [0.2, 0.25) is 0 Å². The van der Waals surface area contributed by atoms with E-state index in [9.17, 15) is 4.79 Å². The maximum atomic E-state index is 13.3. The highest BCUT2D eigenvalue weighted by atomic mass is 16.5. The van der Waals surface area contributed by atoms with Crippen LogP contribution in [0, 0.1) is 0 Å². The van der Waals surface area contributed by atoms with E-state index in [1.54, 1.807) is 16.5 Å². The van der Waals surface area contributed by atoms with E-state index in [-0.39, 0.29) is 5.56 Å². The number of H-pyrrole nitrogens is 1. The molecule has 10 nitrogen and oxygen atoms in total. The van der Waals surface area contributed by atoms with Crippen LogP contribution in [0.5, 0.6) is 5.75 Å². The van der Waals surface area contributed by atoms with Crippen LogP contribution in [0.2, 0.25) is 0 Å². The van der Waals surface area contributed by atoms with E-state index in [2.05, 4.69) is 28.9 Å². The van der Waals surface area contributed by atoms with Crippen molar-refractivity contribution in [2.75, 3.05) is 20.3 Å². The fraction of sp³-hybridized carbons (Fsp3) is 0.435. The van der Waals surface area contributed by atoms with Gasteiger partial charge in [0.1, 0.15) is 35.8 Å². The van der Waals surface area contributed by atoms with E-state index in [1.165, 1.54) is 6.33 Å². The van der Waals surface area contributed by atoms with Crippen LogP contribution in [-0.2, 0) is 24.2 Å². The van der Waals surface area contributed by atoms with Crippen molar-refractivity contribution in [3.8, 4) is 17.1 Å². The number of nitrogens with one attached hydrogen (secondary N) is 1. The molecule has 0 aliphatic heterocycles. The lowest BCUT2D eigenvalue weighted by Crippen LogP contribution is -2.17. The van der Waals surface area contributed by atoms with Crippen LogP contribution in [-0.4, -0.2) is 54.8 Å². The van der Waals surface area contributed by atoms with Gasteiger partial charge in [0.15, 0.2) is 5.52 Å². The Labute approximate surface area is 191 Å². The van der Waals surface area contributed by atoms with Crippen molar-refractivity contribution in [2.45, 2.75) is 46.2 Å². The van der Waals surface area contributed by atoms with Gasteiger partial charge in [0.25, 0.3) is 5.56 Å². The van der Waals surface area contributed by atoms with Crippen LogP contribution in [0.15, 0.2) is 35.4 Å². The Morgan fingerprint density at radius 3 is 2.73 bits per heavy atom. The van der Waals surface area contributed by atoms with Crippen molar-refractivity contribution in [1.82, 2.24) is 34.5 Å². The lowest BCUT2D eigenvalue weighted by molar-refractivity contribution is 0.182. The van der Waals surface area contributed by atoms with Gasteiger partial charge in [-0.25, -0.2) is 19.3 Å². The summed E-state index contributed by atoms with van der Waals surface area (Å²) in [6, 6.07) is 7.60. The summed E-state index contributed by atoms with van der Waals surface area (Å²) >= 11 is 0. The van der Waals surface area contributed by atoms with Gasteiger partial charge in [-0.05, 0) is 25.0 Å². The highest BCUT2D eigenvalue weighted by Crippen LogP contribution is 2.28. The first-order chi connectivity index (χ1) is 16.2. The summed E-state index contributed by atoms with van der Waals surface area (Å²) < 4.78 is 14.5. The van der Waals surface area contributed by atoms with E-state index in [4.69, 9.17) is 19.6 Å². The van der Waals surface area contributed by atoms with Crippen LogP contribution in [0.25, 0.3) is 22.4 Å². The fourth-order valence-electron chi connectivity index (χ4n) is 3.71. The molecule has 0 unspecified atom stereocenters. The van der Waals surface area contributed by atoms with Gasteiger partial charge in [-0.2, -0.15) is 10.2 Å². The van der Waals surface area contributed by atoms with Gasteiger partial charge in [-0.1, -0.05) is 32.4 Å². The number of rotatable bonds is 11. The third-order valence-electron chi connectivity index (χ3n) is 5.25. The summed E-state index contributed by atoms with van der Waals surface area (Å²) in [6.07, 6.45) is 3.98. The summed E-state index contributed by atoms with van der Waals surface area (Å²) in [5, 5.41) is 8.99. The first-order valence-electron chi connectivity index (χ1n) is 11.2. The van der Waals surface area contributed by atoms with E-state index in [0.29, 0.717) is 61.2 Å². The monoisotopic (exact) mass is 451 g/mol. The molecule has 0 atom stereocenters. The number of para-hydroxylation sites is 1. The zero-order valence-electron chi connectivity index (χ0n) is 19.2. The van der Waals surface area contributed by atoms with E-state index < -0.39 is 0 Å². The van der Waals surface area contributed by atoms with Crippen molar-refractivity contribution in [1.29, 1.82) is 0 Å². The number of ether oxygens (including phenoxy) is 2. The number of benzene rings is 1. The molecule has 0 fully saturated rings. The average molecular weight is 452 g/mol. The molecule has 0 bridgehead atoms. The molecule has 33 heavy (non-hydrogen) atoms. The molecule has 0 spiro atoms. The van der Waals surface area contributed by atoms with Gasteiger partial charge in [-0.3, -0.25) is 4.79 Å². The molecular weight excluding hydrogens is 422 g/mol. The third kappa shape index (κ3) is 4.80. The smallest absolute Gasteiger partial charge is 0.277 e. The summed E-state index contributed by atoms with van der Waals surface area (Å²) in [7, 11) is 1.64. The maximum absolute atomic E-state index is 13.3. The van der Waals surface area contributed by atoms with E-state index in [0.717, 1.165) is 24.1 Å². The largest absolute Gasteiger partial charge is 0.493 e. The van der Waals surface area contributed by atoms with Gasteiger partial charge in [-0.15, -0.1) is 0 Å². The first kappa shape index (κ1) is 22.7. The molecule has 0 aliphatic rings. The Morgan fingerprint density at radius 2 is 1.94 bits per heavy atom. The molecule has 0 amide bonds. The highest BCUT2D eigenvalue weighted by Gasteiger charge is 2.20. The molecular formula is C23H29N7O3. The summed E-state index contributed by atoms with van der Waals surface area (Å²) in [4.78, 5) is 25.4. The minimum Gasteiger partial charge on any atom is -0.493 e. The van der Waals surface area contributed by atoms with Crippen molar-refractivity contribution < 1.29 is 9.47 Å². The number of nitrogens with zero attached hydrogens (tertiary/aromatic N) is 6. The molecule has 3 aromatic heterocycles. The van der Waals surface area contributed by atoms with Gasteiger partial charge in [0.05, 0.1) is 31.0 Å². The topological polar surface area (TPSA) is 113 Å². The number of hydrogen-bond donors (Lipinski definition) is 1. The molecule has 1 N–H and O–H groups in total. The lowest BCUT2D eigenvalue weighted by atomic mass is 10.1. The average Bonchev–Trinajstić information content (AvgIpc) is 3.41. The van der Waals surface area contributed by atoms with Crippen molar-refractivity contribution >= 4 is 11.0 Å². The van der Waals surface area contributed by atoms with Crippen molar-refractivity contribution in [3.63, 3.8) is 0 Å². The fourth-order valence-corrected chi connectivity index (χ4v) is 3.71. The quantitative estimate of drug-likeness (QED) is 0.373. The summed E-state index contributed by atoms with van der Waals surface area (Å²) in [6.45, 7) is 6.11. The predicted octanol–water partition coefficient (Wildman–Crippen LogP) is 2.81. The zero-order chi connectivity index (χ0) is 23.2. The Bertz CT molecular complexity index is 1270. The number of hydrogen-bond acceptors (Lipinski definition) is 7. The third-order valence-corrected chi connectivity index (χ3v) is 5.25. The molecule has 10 heteroatoms. The van der Waals surface area contributed by atoms with E-state index in [1.807, 2.05) is 24.3 Å². The van der Waals surface area contributed by atoms with Crippen LogP contribution in [0.3, 0.4) is 0 Å². The minimum atomic E-state index is -0.252. The van der Waals surface area contributed by atoms with Crippen LogP contribution >= 0.6 is 0 Å². The molecule has 0 saturated carbocycles. The first-order valence-corrected chi connectivity index (χ1v) is 11.2. The number of aromatic amines is 1. The molecule has 4 aromatic rings. The normalized spacial score (nSPS) is 11.4. The zero-order valence-corrected chi connectivity index (χ0v) is 19.2.